The number of hydrogen-bond acceptors (Lipinski definition) is 1. The lowest BCUT2D eigenvalue weighted by atomic mass is 10.6. The molecule has 0 radical (unpaired) electrons. The van der Waals surface area contributed by atoms with Gasteiger partial charge in [-0.25, -0.2) is 0 Å². The minimum absolute atomic E-state index is 0.936. The normalized spacial score (nSPS) is 16.8. The minimum atomic E-state index is -0.936. The first-order valence-corrected chi connectivity index (χ1v) is 8.42. The molecule has 0 aliphatic rings. The summed E-state index contributed by atoms with van der Waals surface area (Å²) in [5.41, 5.74) is 0. The van der Waals surface area contributed by atoms with Gasteiger partial charge in [-0.2, -0.15) is 0 Å². The molecule has 2 heteroatoms. The van der Waals surface area contributed by atoms with Crippen molar-refractivity contribution < 1.29 is 0 Å². The fraction of sp³-hybridized carbons (Fsp3) is 0.818. The molecule has 1 atom stereocenters. The molecule has 0 aromatic carbocycles. The molecule has 0 aliphatic heterocycles. The largest absolute Gasteiger partial charge is 0.310 e. The van der Waals surface area contributed by atoms with Gasteiger partial charge in [0, 0.05) is 0 Å². The second-order valence-electron chi connectivity index (χ2n) is 4.49. The monoisotopic (exact) mass is 199 g/mol. The predicted octanol–water partition coefficient (Wildman–Crippen LogP) is 3.22. The first-order valence-electron chi connectivity index (χ1n) is 5.30. The molecule has 0 aromatic rings. The highest BCUT2D eigenvalue weighted by molar-refractivity contribution is 6.79. The standard InChI is InChI=1S/C11H25NSi/c1-6-8-10-13(5,7-2)11-9-12(3)4/h6,8H,7,9-11H2,1-5H3. The highest BCUT2D eigenvalue weighted by Crippen LogP contribution is 2.21. The first-order chi connectivity index (χ1) is 6.04. The fourth-order valence-electron chi connectivity index (χ4n) is 1.32. The van der Waals surface area contributed by atoms with Crippen LogP contribution in [0.4, 0.5) is 0 Å². The van der Waals surface area contributed by atoms with Gasteiger partial charge in [0.2, 0.25) is 0 Å². The summed E-state index contributed by atoms with van der Waals surface area (Å²) in [6.45, 7) is 8.26. The van der Waals surface area contributed by atoms with Crippen molar-refractivity contribution in [2.24, 2.45) is 0 Å². The van der Waals surface area contributed by atoms with Gasteiger partial charge < -0.3 is 4.90 Å². The van der Waals surface area contributed by atoms with Crippen LogP contribution in [0.5, 0.6) is 0 Å². The molecule has 0 bridgehead atoms. The smallest absolute Gasteiger partial charge is 0.0552 e. The SMILES string of the molecule is CC=CC[Si](C)(CC)CCN(C)C. The van der Waals surface area contributed by atoms with E-state index in [1.807, 2.05) is 0 Å². The number of hydrogen-bond donors (Lipinski definition) is 0. The van der Waals surface area contributed by atoms with E-state index < -0.39 is 8.07 Å². The molecule has 0 fully saturated rings. The van der Waals surface area contributed by atoms with Crippen LogP contribution >= 0.6 is 0 Å². The highest BCUT2D eigenvalue weighted by Gasteiger charge is 2.22. The average molecular weight is 199 g/mol. The van der Waals surface area contributed by atoms with Crippen LogP contribution in [-0.2, 0) is 0 Å². The van der Waals surface area contributed by atoms with Gasteiger partial charge in [0.1, 0.15) is 0 Å². The maximum absolute atomic E-state index is 2.52. The summed E-state index contributed by atoms with van der Waals surface area (Å²) in [5.74, 6) is 0. The second-order valence-corrected chi connectivity index (χ2v) is 9.73. The minimum Gasteiger partial charge on any atom is -0.310 e. The molecule has 0 saturated carbocycles. The number of allylic oxidation sites excluding steroid dienone is 2. The van der Waals surface area contributed by atoms with Crippen molar-refractivity contribution in [1.82, 2.24) is 4.90 Å². The van der Waals surface area contributed by atoms with Crippen LogP contribution in [0.1, 0.15) is 13.8 Å². The Morgan fingerprint density at radius 1 is 1.31 bits per heavy atom. The van der Waals surface area contributed by atoms with Crippen molar-refractivity contribution in [3.63, 3.8) is 0 Å². The maximum Gasteiger partial charge on any atom is 0.0552 e. The van der Waals surface area contributed by atoms with Crippen LogP contribution in [0.25, 0.3) is 0 Å². The molecule has 0 heterocycles. The van der Waals surface area contributed by atoms with Gasteiger partial charge in [-0.15, -0.1) is 0 Å². The molecular weight excluding hydrogens is 174 g/mol. The molecule has 0 amide bonds. The molecule has 0 rings (SSSR count). The van der Waals surface area contributed by atoms with Crippen molar-refractivity contribution in [1.29, 1.82) is 0 Å². The third-order valence-electron chi connectivity index (χ3n) is 2.86. The summed E-state index contributed by atoms with van der Waals surface area (Å²) in [6, 6.07) is 4.19. The van der Waals surface area contributed by atoms with E-state index in [0.717, 1.165) is 0 Å². The molecular formula is C11H25NSi. The van der Waals surface area contributed by atoms with Crippen molar-refractivity contribution in [2.45, 2.75) is 38.5 Å². The van der Waals surface area contributed by atoms with Crippen molar-refractivity contribution >= 4 is 8.07 Å². The summed E-state index contributed by atoms with van der Waals surface area (Å²) < 4.78 is 0. The summed E-state index contributed by atoms with van der Waals surface area (Å²) in [5, 5.41) is 0. The van der Waals surface area contributed by atoms with E-state index >= 15 is 0 Å². The first kappa shape index (κ1) is 12.9. The lowest BCUT2D eigenvalue weighted by molar-refractivity contribution is 0.431. The summed E-state index contributed by atoms with van der Waals surface area (Å²) in [7, 11) is 3.40. The van der Waals surface area contributed by atoms with E-state index in [0.29, 0.717) is 0 Å². The van der Waals surface area contributed by atoms with Gasteiger partial charge in [0.15, 0.2) is 0 Å². The molecule has 0 aromatic heterocycles. The zero-order valence-corrected chi connectivity index (χ0v) is 10.9. The molecule has 0 saturated heterocycles. The Kier molecular flexibility index (Phi) is 6.34. The van der Waals surface area contributed by atoms with Gasteiger partial charge in [-0.3, -0.25) is 0 Å². The van der Waals surface area contributed by atoms with E-state index in [-0.39, 0.29) is 0 Å². The topological polar surface area (TPSA) is 3.24 Å². The van der Waals surface area contributed by atoms with Crippen LogP contribution in [-0.4, -0.2) is 33.6 Å². The average Bonchev–Trinajstić information content (AvgIpc) is 2.11. The molecule has 0 N–H and O–H groups in total. The zero-order valence-electron chi connectivity index (χ0n) is 9.93. The molecule has 78 valence electrons. The van der Waals surface area contributed by atoms with Gasteiger partial charge in [0.25, 0.3) is 0 Å². The summed E-state index contributed by atoms with van der Waals surface area (Å²) in [4.78, 5) is 2.30. The lowest BCUT2D eigenvalue weighted by Crippen LogP contribution is -2.32. The Morgan fingerprint density at radius 2 is 1.92 bits per heavy atom. The number of rotatable bonds is 6. The Bertz CT molecular complexity index is 154. The van der Waals surface area contributed by atoms with Gasteiger partial charge in [0.05, 0.1) is 8.07 Å². The van der Waals surface area contributed by atoms with Crippen molar-refractivity contribution in [3.8, 4) is 0 Å². The lowest BCUT2D eigenvalue weighted by Gasteiger charge is -2.26. The van der Waals surface area contributed by atoms with E-state index in [2.05, 4.69) is 51.5 Å². The Labute approximate surface area is 84.8 Å². The third kappa shape index (κ3) is 6.05. The predicted molar refractivity (Wildman–Crippen MR) is 65.1 cm³/mol. The van der Waals surface area contributed by atoms with E-state index in [1.54, 1.807) is 0 Å². The van der Waals surface area contributed by atoms with Crippen LogP contribution in [0.2, 0.25) is 24.7 Å². The van der Waals surface area contributed by atoms with Crippen LogP contribution in [0.3, 0.4) is 0 Å². The number of nitrogens with zero attached hydrogens (tertiary/aromatic N) is 1. The molecule has 0 aliphatic carbocycles. The van der Waals surface area contributed by atoms with Gasteiger partial charge in [-0.05, 0) is 39.7 Å². The molecule has 1 nitrogen and oxygen atoms in total. The third-order valence-corrected chi connectivity index (χ3v) is 7.22. The van der Waals surface area contributed by atoms with Crippen LogP contribution in [0.15, 0.2) is 12.2 Å². The van der Waals surface area contributed by atoms with E-state index in [1.165, 1.54) is 24.7 Å². The van der Waals surface area contributed by atoms with Gasteiger partial charge >= 0.3 is 0 Å². The molecule has 1 unspecified atom stereocenters. The Balaban J connectivity index is 3.95. The van der Waals surface area contributed by atoms with Crippen LogP contribution in [0, 0.1) is 0 Å². The highest BCUT2D eigenvalue weighted by atomic mass is 28.3. The molecule has 0 spiro atoms. The second kappa shape index (κ2) is 6.38. The summed E-state index contributed by atoms with van der Waals surface area (Å²) >= 11 is 0. The van der Waals surface area contributed by atoms with E-state index in [4.69, 9.17) is 0 Å². The quantitative estimate of drug-likeness (QED) is 0.469. The maximum atomic E-state index is 2.52. The molecule has 13 heavy (non-hydrogen) atoms. The van der Waals surface area contributed by atoms with Crippen molar-refractivity contribution in [2.75, 3.05) is 20.6 Å². The Hall–Kier alpha value is -0.0831. The van der Waals surface area contributed by atoms with E-state index in [9.17, 15) is 0 Å². The zero-order chi connectivity index (χ0) is 10.3. The van der Waals surface area contributed by atoms with Gasteiger partial charge in [-0.1, -0.05) is 31.7 Å². The fourth-order valence-corrected chi connectivity index (χ4v) is 3.96. The summed E-state index contributed by atoms with van der Waals surface area (Å²) in [6.07, 6.45) is 4.54. The Morgan fingerprint density at radius 3 is 2.31 bits per heavy atom. The van der Waals surface area contributed by atoms with Crippen molar-refractivity contribution in [3.05, 3.63) is 12.2 Å². The van der Waals surface area contributed by atoms with Crippen LogP contribution < -0.4 is 0 Å².